The van der Waals surface area contributed by atoms with E-state index in [9.17, 15) is 28.2 Å². The minimum Gasteiger partial charge on any atom is -0.397 e. The predicted octanol–water partition coefficient (Wildman–Crippen LogP) is 5.10. The van der Waals surface area contributed by atoms with Crippen molar-refractivity contribution in [3.63, 3.8) is 0 Å². The second-order valence-electron chi connectivity index (χ2n) is 10.1. The highest BCUT2D eigenvalue weighted by Crippen LogP contribution is 2.44. The lowest BCUT2D eigenvalue weighted by Gasteiger charge is -2.38. The lowest BCUT2D eigenvalue weighted by molar-refractivity contribution is -0.271. The number of para-hydroxylation sites is 1. The number of benzene rings is 2. The van der Waals surface area contributed by atoms with Crippen LogP contribution in [0, 0.1) is 5.92 Å². The van der Waals surface area contributed by atoms with Crippen molar-refractivity contribution in [2.45, 2.75) is 69.9 Å². The van der Waals surface area contributed by atoms with E-state index in [4.69, 9.17) is 5.11 Å². The van der Waals surface area contributed by atoms with Crippen LogP contribution >= 0.6 is 0 Å². The fraction of sp³-hybridized carbons (Fsp3) is 0.464. The zero-order chi connectivity index (χ0) is 26.7. The molecule has 3 N–H and O–H groups in total. The van der Waals surface area contributed by atoms with Gasteiger partial charge in [0.05, 0.1) is 18.2 Å². The number of pyridine rings is 1. The van der Waals surface area contributed by atoms with Crippen molar-refractivity contribution in [1.82, 2.24) is 4.57 Å². The molecule has 0 saturated heterocycles. The first kappa shape index (κ1) is 27.9. The molecule has 2 atom stereocenters. The van der Waals surface area contributed by atoms with E-state index < -0.39 is 36.3 Å². The zero-order valence-corrected chi connectivity index (χ0v) is 20.8. The zero-order valence-electron chi connectivity index (χ0n) is 20.8. The first-order valence-corrected chi connectivity index (χ1v) is 12.1. The van der Waals surface area contributed by atoms with Crippen LogP contribution in [-0.2, 0) is 12.0 Å². The molecule has 0 amide bonds. The molecule has 0 spiro atoms. The highest BCUT2D eigenvalue weighted by molar-refractivity contribution is 5.78. The number of hydrogen-bond acceptors (Lipinski definition) is 4. The van der Waals surface area contributed by atoms with Gasteiger partial charge in [-0.05, 0) is 60.8 Å². The first-order chi connectivity index (χ1) is 16.8. The van der Waals surface area contributed by atoms with Crippen molar-refractivity contribution < 1.29 is 28.5 Å². The quantitative estimate of drug-likeness (QED) is 0.417. The third-order valence-electron chi connectivity index (χ3n) is 6.66. The summed E-state index contributed by atoms with van der Waals surface area (Å²) in [5.41, 5.74) is -2.74. The summed E-state index contributed by atoms with van der Waals surface area (Å²) in [5, 5.41) is 29.4. The van der Waals surface area contributed by atoms with Crippen LogP contribution in [0.3, 0.4) is 0 Å². The van der Waals surface area contributed by atoms with E-state index in [2.05, 4.69) is 0 Å². The summed E-state index contributed by atoms with van der Waals surface area (Å²) < 4.78 is 44.1. The van der Waals surface area contributed by atoms with Crippen molar-refractivity contribution in [3.8, 4) is 0 Å². The number of alkyl halides is 3. The SMILES string of the molecule is CC(C)(CC(O)(Cn1ccc(=O)c2ccccc21)C(F)(F)F)c1cccc(C(O)C2CC2)c1.CCO. The Kier molecular flexibility index (Phi) is 8.33. The van der Waals surface area contributed by atoms with Crippen LogP contribution in [-0.4, -0.2) is 38.3 Å². The Labute approximate surface area is 208 Å². The maximum Gasteiger partial charge on any atom is 0.418 e. The van der Waals surface area contributed by atoms with E-state index in [0.29, 0.717) is 22.0 Å². The number of halogens is 3. The van der Waals surface area contributed by atoms with Gasteiger partial charge >= 0.3 is 6.18 Å². The molecule has 36 heavy (non-hydrogen) atoms. The molecular weight excluding hydrogens is 471 g/mol. The number of nitrogens with zero attached hydrogens (tertiary/aromatic N) is 1. The number of aliphatic hydroxyl groups excluding tert-OH is 2. The molecule has 8 heteroatoms. The smallest absolute Gasteiger partial charge is 0.397 e. The highest BCUT2D eigenvalue weighted by atomic mass is 19.4. The van der Waals surface area contributed by atoms with E-state index in [1.165, 1.54) is 16.8 Å². The van der Waals surface area contributed by atoms with Gasteiger partial charge in [-0.3, -0.25) is 4.79 Å². The van der Waals surface area contributed by atoms with Crippen molar-refractivity contribution in [2.75, 3.05) is 6.61 Å². The van der Waals surface area contributed by atoms with Crippen LogP contribution in [0.1, 0.15) is 57.3 Å². The standard InChI is InChI=1S/C26H28F3NO3.C2H6O/c1-24(2,19-7-5-6-18(14-19)23(32)17-10-11-17)15-25(33,26(27,28)29)16-30-13-12-22(31)20-8-3-4-9-21(20)30;1-2-3/h3-9,12-14,17,23,32-33H,10-11,15-16H2,1-2H3;3H,2H2,1H3. The molecular formula is C28H34F3NO4. The van der Waals surface area contributed by atoms with Crippen LogP contribution in [0.15, 0.2) is 65.6 Å². The Morgan fingerprint density at radius 3 is 2.31 bits per heavy atom. The Bertz CT molecular complexity index is 1230. The highest BCUT2D eigenvalue weighted by Gasteiger charge is 2.56. The number of aliphatic hydroxyl groups is 3. The molecule has 1 heterocycles. The van der Waals surface area contributed by atoms with Gasteiger partial charge in [-0.15, -0.1) is 0 Å². The molecule has 0 bridgehead atoms. The molecule has 4 rings (SSSR count). The monoisotopic (exact) mass is 505 g/mol. The fourth-order valence-corrected chi connectivity index (χ4v) is 4.59. The van der Waals surface area contributed by atoms with Gasteiger partial charge in [0.15, 0.2) is 11.0 Å². The third-order valence-corrected chi connectivity index (χ3v) is 6.66. The van der Waals surface area contributed by atoms with Crippen molar-refractivity contribution in [1.29, 1.82) is 0 Å². The molecule has 2 unspecified atom stereocenters. The second-order valence-corrected chi connectivity index (χ2v) is 10.1. The molecule has 3 aromatic rings. The maximum absolute atomic E-state index is 14.3. The molecule has 0 radical (unpaired) electrons. The van der Waals surface area contributed by atoms with Gasteiger partial charge < -0.3 is 19.9 Å². The van der Waals surface area contributed by atoms with Gasteiger partial charge in [0.1, 0.15) is 0 Å². The van der Waals surface area contributed by atoms with Crippen LogP contribution in [0.2, 0.25) is 0 Å². The summed E-state index contributed by atoms with van der Waals surface area (Å²) in [6, 6.07) is 14.6. The van der Waals surface area contributed by atoms with Gasteiger partial charge in [-0.25, -0.2) is 0 Å². The van der Waals surface area contributed by atoms with Crippen LogP contribution in [0.4, 0.5) is 13.2 Å². The Morgan fingerprint density at radius 1 is 1.06 bits per heavy atom. The van der Waals surface area contributed by atoms with Crippen LogP contribution in [0.5, 0.6) is 0 Å². The molecule has 5 nitrogen and oxygen atoms in total. The summed E-state index contributed by atoms with van der Waals surface area (Å²) in [5.74, 6) is 0.198. The number of hydrogen-bond donors (Lipinski definition) is 3. The summed E-state index contributed by atoms with van der Waals surface area (Å²) in [6.45, 7) is 4.51. The number of fused-ring (bicyclic) bond motifs is 1. The molecule has 1 aliphatic carbocycles. The van der Waals surface area contributed by atoms with E-state index in [-0.39, 0.29) is 18.0 Å². The minimum absolute atomic E-state index is 0.198. The lowest BCUT2D eigenvalue weighted by Crippen LogP contribution is -2.52. The Hall–Kier alpha value is -2.68. The van der Waals surface area contributed by atoms with Gasteiger partial charge in [0.25, 0.3) is 0 Å². The van der Waals surface area contributed by atoms with Crippen molar-refractivity contribution >= 4 is 10.9 Å². The summed E-state index contributed by atoms with van der Waals surface area (Å²) in [7, 11) is 0. The van der Waals surface area contributed by atoms with Gasteiger partial charge in [0.2, 0.25) is 0 Å². The summed E-state index contributed by atoms with van der Waals surface area (Å²) in [4.78, 5) is 12.1. The second kappa shape index (κ2) is 10.7. The maximum atomic E-state index is 14.3. The number of rotatable bonds is 7. The Morgan fingerprint density at radius 2 is 1.69 bits per heavy atom. The van der Waals surface area contributed by atoms with Crippen molar-refractivity contribution in [2.24, 2.45) is 5.92 Å². The van der Waals surface area contributed by atoms with E-state index in [1.54, 1.807) is 69.3 Å². The van der Waals surface area contributed by atoms with Crippen LogP contribution < -0.4 is 5.43 Å². The summed E-state index contributed by atoms with van der Waals surface area (Å²) in [6.07, 6.45) is -2.95. The molecule has 1 fully saturated rings. The van der Waals surface area contributed by atoms with Gasteiger partial charge in [0, 0.05) is 24.3 Å². The van der Waals surface area contributed by atoms with Gasteiger partial charge in [-0.2, -0.15) is 13.2 Å². The molecule has 1 aliphatic rings. The number of aromatic nitrogens is 1. The average molecular weight is 506 g/mol. The first-order valence-electron chi connectivity index (χ1n) is 12.1. The molecule has 1 aromatic heterocycles. The molecule has 196 valence electrons. The lowest BCUT2D eigenvalue weighted by atomic mass is 9.74. The molecule has 2 aromatic carbocycles. The summed E-state index contributed by atoms with van der Waals surface area (Å²) >= 11 is 0. The average Bonchev–Trinajstić information content (AvgIpc) is 3.66. The van der Waals surface area contributed by atoms with E-state index in [0.717, 1.165) is 12.8 Å². The topological polar surface area (TPSA) is 82.7 Å². The largest absolute Gasteiger partial charge is 0.418 e. The third kappa shape index (κ3) is 6.17. The van der Waals surface area contributed by atoms with E-state index in [1.807, 2.05) is 0 Å². The minimum atomic E-state index is -4.90. The van der Waals surface area contributed by atoms with Crippen molar-refractivity contribution in [3.05, 3.63) is 82.1 Å². The molecule has 0 aliphatic heterocycles. The normalized spacial score (nSPS) is 16.7. The Balaban J connectivity index is 0.00000115. The fourth-order valence-electron chi connectivity index (χ4n) is 4.59. The molecule has 1 saturated carbocycles. The van der Waals surface area contributed by atoms with Crippen LogP contribution in [0.25, 0.3) is 10.9 Å². The van der Waals surface area contributed by atoms with E-state index >= 15 is 0 Å². The van der Waals surface area contributed by atoms with Gasteiger partial charge in [-0.1, -0.05) is 50.2 Å². The predicted molar refractivity (Wildman–Crippen MR) is 134 cm³/mol.